The number of hydrogen-bond acceptors (Lipinski definition) is 4. The summed E-state index contributed by atoms with van der Waals surface area (Å²) in [6.07, 6.45) is 3.05. The number of carbonyl (C=O) groups excluding carboxylic acids is 2. The third kappa shape index (κ3) is 5.32. The Morgan fingerprint density at radius 2 is 1.81 bits per heavy atom. The van der Waals surface area contributed by atoms with Gasteiger partial charge in [0.1, 0.15) is 10.9 Å². The van der Waals surface area contributed by atoms with Crippen molar-refractivity contribution in [2.45, 2.75) is 6.54 Å². The van der Waals surface area contributed by atoms with Gasteiger partial charge in [-0.2, -0.15) is 0 Å². The van der Waals surface area contributed by atoms with Crippen LogP contribution in [0.5, 0.6) is 0 Å². The summed E-state index contributed by atoms with van der Waals surface area (Å²) < 4.78 is 5.79. The van der Waals surface area contributed by atoms with Crippen molar-refractivity contribution in [3.63, 3.8) is 0 Å². The fraction of sp³-hybridized carbons (Fsp3) is 0.0556. The first-order valence-corrected chi connectivity index (χ1v) is 8.98. The van der Waals surface area contributed by atoms with Crippen molar-refractivity contribution in [1.82, 2.24) is 10.3 Å². The molecule has 1 aromatic carbocycles. The van der Waals surface area contributed by atoms with Gasteiger partial charge in [0.05, 0.1) is 18.4 Å². The van der Waals surface area contributed by atoms with Crippen molar-refractivity contribution < 1.29 is 14.0 Å². The molecule has 0 saturated heterocycles. The van der Waals surface area contributed by atoms with E-state index in [0.717, 1.165) is 0 Å². The zero-order valence-electron chi connectivity index (χ0n) is 13.8. The maximum Gasteiger partial charge on any atom is 0.319 e. The van der Waals surface area contributed by atoms with Gasteiger partial charge in [0.25, 0.3) is 5.91 Å². The minimum Gasteiger partial charge on any atom is -0.467 e. The SMILES string of the molecule is O=C(NCc1ccco1)Nc1ccc(NC(=O)c2cc(Br)cnc2Cl)cc1. The monoisotopic (exact) mass is 448 g/mol. The largest absolute Gasteiger partial charge is 0.467 e. The number of nitrogens with one attached hydrogen (secondary N) is 3. The van der Waals surface area contributed by atoms with Gasteiger partial charge in [-0.1, -0.05) is 11.6 Å². The van der Waals surface area contributed by atoms with E-state index in [-0.39, 0.29) is 29.2 Å². The molecule has 0 unspecified atom stereocenters. The predicted octanol–water partition coefficient (Wildman–Crippen LogP) is 4.66. The van der Waals surface area contributed by atoms with Crippen LogP contribution in [0.3, 0.4) is 0 Å². The Hall–Kier alpha value is -2.84. The van der Waals surface area contributed by atoms with Gasteiger partial charge < -0.3 is 20.4 Å². The molecule has 2 aromatic heterocycles. The Morgan fingerprint density at radius 1 is 1.11 bits per heavy atom. The number of anilines is 2. The van der Waals surface area contributed by atoms with E-state index < -0.39 is 0 Å². The normalized spacial score (nSPS) is 10.3. The zero-order valence-corrected chi connectivity index (χ0v) is 16.2. The quantitative estimate of drug-likeness (QED) is 0.493. The molecule has 7 nitrogen and oxygen atoms in total. The topological polar surface area (TPSA) is 96.3 Å². The second-order valence-corrected chi connectivity index (χ2v) is 6.68. The molecule has 0 aliphatic carbocycles. The number of aromatic nitrogens is 1. The van der Waals surface area contributed by atoms with E-state index in [1.807, 2.05) is 0 Å². The van der Waals surface area contributed by atoms with Crippen molar-refractivity contribution in [3.8, 4) is 0 Å². The van der Waals surface area contributed by atoms with Crippen molar-refractivity contribution in [2.75, 3.05) is 10.6 Å². The molecule has 3 aromatic rings. The molecule has 0 aliphatic heterocycles. The Kier molecular flexibility index (Phi) is 6.10. The van der Waals surface area contributed by atoms with Crippen LogP contribution in [0.4, 0.5) is 16.2 Å². The molecule has 0 bridgehead atoms. The summed E-state index contributed by atoms with van der Waals surface area (Å²) >= 11 is 9.21. The van der Waals surface area contributed by atoms with Crippen molar-refractivity contribution in [1.29, 1.82) is 0 Å². The number of hydrogen-bond donors (Lipinski definition) is 3. The van der Waals surface area contributed by atoms with E-state index in [1.54, 1.807) is 48.7 Å². The highest BCUT2D eigenvalue weighted by atomic mass is 79.9. The van der Waals surface area contributed by atoms with Crippen LogP contribution in [-0.4, -0.2) is 16.9 Å². The van der Waals surface area contributed by atoms with Crippen LogP contribution in [0.25, 0.3) is 0 Å². The maximum absolute atomic E-state index is 12.3. The highest BCUT2D eigenvalue weighted by molar-refractivity contribution is 9.10. The maximum atomic E-state index is 12.3. The number of rotatable bonds is 5. The summed E-state index contributed by atoms with van der Waals surface area (Å²) in [6, 6.07) is 11.4. The first-order valence-electron chi connectivity index (χ1n) is 7.81. The van der Waals surface area contributed by atoms with Gasteiger partial charge in [-0.15, -0.1) is 0 Å². The van der Waals surface area contributed by atoms with Gasteiger partial charge in [-0.3, -0.25) is 4.79 Å². The highest BCUT2D eigenvalue weighted by Gasteiger charge is 2.12. The van der Waals surface area contributed by atoms with E-state index in [4.69, 9.17) is 16.0 Å². The predicted molar refractivity (Wildman–Crippen MR) is 106 cm³/mol. The molecule has 3 amide bonds. The average Bonchev–Trinajstić information content (AvgIpc) is 3.17. The molecule has 3 N–H and O–H groups in total. The molecule has 0 fully saturated rings. The minimum absolute atomic E-state index is 0.113. The summed E-state index contributed by atoms with van der Waals surface area (Å²) in [7, 11) is 0. The number of pyridine rings is 1. The van der Waals surface area contributed by atoms with Crippen LogP contribution < -0.4 is 16.0 Å². The fourth-order valence-corrected chi connectivity index (χ4v) is 2.69. The van der Waals surface area contributed by atoms with Gasteiger partial charge in [-0.25, -0.2) is 9.78 Å². The lowest BCUT2D eigenvalue weighted by molar-refractivity contribution is 0.102. The number of nitrogens with zero attached hydrogens (tertiary/aromatic N) is 1. The zero-order chi connectivity index (χ0) is 19.2. The van der Waals surface area contributed by atoms with E-state index in [2.05, 4.69) is 36.9 Å². The summed E-state index contributed by atoms with van der Waals surface area (Å²) in [5, 5.41) is 8.20. The van der Waals surface area contributed by atoms with Crippen LogP contribution in [0.15, 0.2) is 63.8 Å². The molecule has 0 aliphatic rings. The van der Waals surface area contributed by atoms with Crippen LogP contribution in [0.1, 0.15) is 16.1 Å². The van der Waals surface area contributed by atoms with E-state index in [1.165, 1.54) is 6.20 Å². The van der Waals surface area contributed by atoms with Gasteiger partial charge in [0.15, 0.2) is 0 Å². The molecule has 27 heavy (non-hydrogen) atoms. The van der Waals surface area contributed by atoms with E-state index in [9.17, 15) is 9.59 Å². The summed E-state index contributed by atoms with van der Waals surface area (Å²) in [4.78, 5) is 28.1. The third-order valence-electron chi connectivity index (χ3n) is 3.45. The number of amides is 3. The summed E-state index contributed by atoms with van der Waals surface area (Å²) in [5.74, 6) is 0.273. The Labute approximate surface area is 168 Å². The van der Waals surface area contributed by atoms with Crippen molar-refractivity contribution in [3.05, 3.63) is 75.9 Å². The van der Waals surface area contributed by atoms with Crippen molar-refractivity contribution in [2.24, 2.45) is 0 Å². The van der Waals surface area contributed by atoms with Gasteiger partial charge in [0.2, 0.25) is 0 Å². The summed E-state index contributed by atoms with van der Waals surface area (Å²) in [5.41, 5.74) is 1.38. The second-order valence-electron chi connectivity index (χ2n) is 5.41. The van der Waals surface area contributed by atoms with Gasteiger partial charge in [-0.05, 0) is 58.4 Å². The molecule has 3 rings (SSSR count). The smallest absolute Gasteiger partial charge is 0.319 e. The molecular weight excluding hydrogens is 436 g/mol. The number of furan rings is 1. The molecule has 0 saturated carbocycles. The van der Waals surface area contributed by atoms with Crippen molar-refractivity contribution >= 4 is 50.8 Å². The van der Waals surface area contributed by atoms with E-state index in [0.29, 0.717) is 21.6 Å². The minimum atomic E-state index is -0.384. The van der Waals surface area contributed by atoms with Crippen LogP contribution in [0, 0.1) is 0 Å². The molecular formula is C18H14BrClN4O3. The number of halogens is 2. The molecule has 9 heteroatoms. The molecule has 0 radical (unpaired) electrons. The Balaban J connectivity index is 1.56. The second kappa shape index (κ2) is 8.70. The average molecular weight is 450 g/mol. The lowest BCUT2D eigenvalue weighted by Crippen LogP contribution is -2.27. The third-order valence-corrected chi connectivity index (χ3v) is 4.19. The van der Waals surface area contributed by atoms with Gasteiger partial charge >= 0.3 is 6.03 Å². The molecule has 138 valence electrons. The van der Waals surface area contributed by atoms with Gasteiger partial charge in [0, 0.05) is 22.0 Å². The fourth-order valence-electron chi connectivity index (χ4n) is 2.17. The summed E-state index contributed by atoms with van der Waals surface area (Å²) in [6.45, 7) is 0.286. The van der Waals surface area contributed by atoms with E-state index >= 15 is 0 Å². The highest BCUT2D eigenvalue weighted by Crippen LogP contribution is 2.20. The number of carbonyl (C=O) groups is 2. The molecule has 2 heterocycles. The number of urea groups is 1. The number of benzene rings is 1. The van der Waals surface area contributed by atoms with Crippen LogP contribution >= 0.6 is 27.5 Å². The first-order chi connectivity index (χ1) is 13.0. The lowest BCUT2D eigenvalue weighted by Gasteiger charge is -2.09. The standard InChI is InChI=1S/C18H14BrClN4O3/c19-11-8-15(16(20)21-9-11)17(25)23-12-3-5-13(6-4-12)24-18(26)22-10-14-2-1-7-27-14/h1-9H,10H2,(H,23,25)(H2,22,24,26). The molecule has 0 spiro atoms. The Morgan fingerprint density at radius 3 is 2.48 bits per heavy atom. The van der Waals surface area contributed by atoms with Crippen LogP contribution in [0.2, 0.25) is 5.15 Å². The first kappa shape index (κ1) is 18.9. The molecule has 0 atom stereocenters. The van der Waals surface area contributed by atoms with Crippen LogP contribution in [-0.2, 0) is 6.54 Å². The Bertz CT molecular complexity index is 946. The lowest BCUT2D eigenvalue weighted by atomic mass is 10.2.